The van der Waals surface area contributed by atoms with Gasteiger partial charge in [-0.25, -0.2) is 0 Å². The molecule has 2 nitrogen and oxygen atoms in total. The topological polar surface area (TPSA) is 29.1 Å². The van der Waals surface area contributed by atoms with Gasteiger partial charge in [0.15, 0.2) is 0 Å². The minimum absolute atomic E-state index is 0.00978. The minimum Gasteiger partial charge on any atom is -0.326 e. The lowest BCUT2D eigenvalue weighted by molar-refractivity contribution is -0.114. The molecule has 0 atom stereocenters. The van der Waals surface area contributed by atoms with Crippen molar-refractivity contribution in [2.75, 3.05) is 5.32 Å². The Morgan fingerprint density at radius 2 is 1.80 bits per heavy atom. The SMILES string of the molecule is CCCc1cc(C)c(NC(C)=O)c(C)c1. The van der Waals surface area contributed by atoms with Crippen molar-refractivity contribution in [1.29, 1.82) is 0 Å². The molecule has 0 saturated carbocycles. The number of anilines is 1. The first-order valence-corrected chi connectivity index (χ1v) is 5.42. The molecule has 0 spiro atoms. The number of carbonyl (C=O) groups excluding carboxylic acids is 1. The molecule has 0 aliphatic rings. The third-order valence-corrected chi connectivity index (χ3v) is 2.43. The number of aryl methyl sites for hydroxylation is 3. The van der Waals surface area contributed by atoms with E-state index in [1.54, 1.807) is 6.92 Å². The Morgan fingerprint density at radius 3 is 2.20 bits per heavy atom. The molecule has 1 N–H and O–H groups in total. The highest BCUT2D eigenvalue weighted by Gasteiger charge is 2.05. The number of amides is 1. The highest BCUT2D eigenvalue weighted by molar-refractivity contribution is 5.90. The van der Waals surface area contributed by atoms with Crippen LogP contribution in [0.4, 0.5) is 5.69 Å². The molecular weight excluding hydrogens is 186 g/mol. The predicted molar refractivity (Wildman–Crippen MR) is 64.2 cm³/mol. The van der Waals surface area contributed by atoms with Gasteiger partial charge in [-0.15, -0.1) is 0 Å². The van der Waals surface area contributed by atoms with Gasteiger partial charge < -0.3 is 5.32 Å². The molecule has 0 saturated heterocycles. The molecule has 0 heterocycles. The highest BCUT2D eigenvalue weighted by Crippen LogP contribution is 2.22. The van der Waals surface area contributed by atoms with E-state index < -0.39 is 0 Å². The Hall–Kier alpha value is -1.31. The number of nitrogens with one attached hydrogen (secondary N) is 1. The van der Waals surface area contributed by atoms with Crippen molar-refractivity contribution in [3.63, 3.8) is 0 Å². The van der Waals surface area contributed by atoms with Gasteiger partial charge in [0.05, 0.1) is 0 Å². The zero-order valence-corrected chi connectivity index (χ0v) is 9.98. The van der Waals surface area contributed by atoms with Crippen molar-refractivity contribution >= 4 is 11.6 Å². The Morgan fingerprint density at radius 1 is 1.27 bits per heavy atom. The van der Waals surface area contributed by atoms with Crippen LogP contribution >= 0.6 is 0 Å². The number of hydrogen-bond donors (Lipinski definition) is 1. The smallest absolute Gasteiger partial charge is 0.221 e. The van der Waals surface area contributed by atoms with Gasteiger partial charge in [-0.1, -0.05) is 25.5 Å². The lowest BCUT2D eigenvalue weighted by atomic mass is 10.0. The van der Waals surface area contributed by atoms with Crippen LogP contribution in [-0.2, 0) is 11.2 Å². The van der Waals surface area contributed by atoms with Crippen LogP contribution in [0.5, 0.6) is 0 Å². The molecule has 1 aromatic rings. The van der Waals surface area contributed by atoms with Gasteiger partial charge in [-0.05, 0) is 37.0 Å². The summed E-state index contributed by atoms with van der Waals surface area (Å²) in [7, 11) is 0. The van der Waals surface area contributed by atoms with Crippen LogP contribution in [0.25, 0.3) is 0 Å². The second kappa shape index (κ2) is 4.96. The first-order valence-electron chi connectivity index (χ1n) is 5.42. The molecule has 1 aromatic carbocycles. The molecule has 15 heavy (non-hydrogen) atoms. The second-order valence-corrected chi connectivity index (χ2v) is 4.04. The van der Waals surface area contributed by atoms with Crippen LogP contribution in [0.3, 0.4) is 0 Å². The van der Waals surface area contributed by atoms with E-state index in [0.717, 1.165) is 29.7 Å². The summed E-state index contributed by atoms with van der Waals surface area (Å²) in [4.78, 5) is 11.0. The van der Waals surface area contributed by atoms with E-state index in [4.69, 9.17) is 0 Å². The maximum atomic E-state index is 11.0. The normalized spacial score (nSPS) is 10.1. The second-order valence-electron chi connectivity index (χ2n) is 4.04. The third-order valence-electron chi connectivity index (χ3n) is 2.43. The summed E-state index contributed by atoms with van der Waals surface area (Å²) in [6.45, 7) is 7.79. The number of rotatable bonds is 3. The molecule has 0 aliphatic heterocycles. The monoisotopic (exact) mass is 205 g/mol. The van der Waals surface area contributed by atoms with E-state index in [2.05, 4.69) is 24.4 Å². The van der Waals surface area contributed by atoms with E-state index in [-0.39, 0.29) is 5.91 Å². The van der Waals surface area contributed by atoms with Gasteiger partial charge >= 0.3 is 0 Å². The van der Waals surface area contributed by atoms with E-state index in [9.17, 15) is 4.79 Å². The Labute approximate surface area is 91.7 Å². The van der Waals surface area contributed by atoms with E-state index in [0.29, 0.717) is 0 Å². The Balaban J connectivity index is 3.03. The number of benzene rings is 1. The summed E-state index contributed by atoms with van der Waals surface area (Å²) in [6, 6.07) is 4.31. The molecule has 2 heteroatoms. The Bertz CT molecular complexity index is 346. The van der Waals surface area contributed by atoms with Gasteiger partial charge in [0.2, 0.25) is 5.91 Å². The lowest BCUT2D eigenvalue weighted by Gasteiger charge is -2.12. The van der Waals surface area contributed by atoms with Crippen LogP contribution in [0, 0.1) is 13.8 Å². The molecule has 82 valence electrons. The van der Waals surface area contributed by atoms with E-state index in [1.807, 2.05) is 13.8 Å². The maximum absolute atomic E-state index is 11.0. The summed E-state index contributed by atoms with van der Waals surface area (Å²) in [5.41, 5.74) is 4.60. The van der Waals surface area contributed by atoms with Gasteiger partial charge in [-0.3, -0.25) is 4.79 Å². The first kappa shape index (κ1) is 11.8. The van der Waals surface area contributed by atoms with Crippen molar-refractivity contribution in [3.8, 4) is 0 Å². The lowest BCUT2D eigenvalue weighted by Crippen LogP contribution is -2.09. The standard InChI is InChI=1S/C13H19NO/c1-5-6-12-7-9(2)13(10(3)8-12)14-11(4)15/h7-8H,5-6H2,1-4H3,(H,14,15). The van der Waals surface area contributed by atoms with E-state index >= 15 is 0 Å². The molecule has 1 rings (SSSR count). The molecule has 0 unspecified atom stereocenters. The van der Waals surface area contributed by atoms with Crippen molar-refractivity contribution < 1.29 is 4.79 Å². The summed E-state index contributed by atoms with van der Waals surface area (Å²) in [6.07, 6.45) is 2.25. The maximum Gasteiger partial charge on any atom is 0.221 e. The van der Waals surface area contributed by atoms with Crippen LogP contribution in [-0.4, -0.2) is 5.91 Å². The number of hydrogen-bond acceptors (Lipinski definition) is 1. The fourth-order valence-corrected chi connectivity index (χ4v) is 1.86. The van der Waals surface area contributed by atoms with Crippen molar-refractivity contribution in [2.45, 2.75) is 40.5 Å². The summed E-state index contributed by atoms with van der Waals surface area (Å²) >= 11 is 0. The molecule has 0 bridgehead atoms. The highest BCUT2D eigenvalue weighted by atomic mass is 16.1. The summed E-state index contributed by atoms with van der Waals surface area (Å²) < 4.78 is 0. The minimum atomic E-state index is -0.00978. The van der Waals surface area contributed by atoms with Gasteiger partial charge in [0.1, 0.15) is 0 Å². The molecule has 1 amide bonds. The average molecular weight is 205 g/mol. The fourth-order valence-electron chi connectivity index (χ4n) is 1.86. The van der Waals surface area contributed by atoms with Crippen molar-refractivity contribution in [3.05, 3.63) is 28.8 Å². The summed E-state index contributed by atoms with van der Waals surface area (Å²) in [5, 5.41) is 2.87. The summed E-state index contributed by atoms with van der Waals surface area (Å²) in [5.74, 6) is -0.00978. The third kappa shape index (κ3) is 3.08. The molecule has 0 aliphatic carbocycles. The molecular formula is C13H19NO. The van der Waals surface area contributed by atoms with E-state index in [1.165, 1.54) is 5.56 Å². The predicted octanol–water partition coefficient (Wildman–Crippen LogP) is 3.21. The quantitative estimate of drug-likeness (QED) is 0.806. The van der Waals surface area contributed by atoms with Crippen molar-refractivity contribution in [1.82, 2.24) is 0 Å². The van der Waals surface area contributed by atoms with Crippen LogP contribution in [0.1, 0.15) is 37.0 Å². The van der Waals surface area contributed by atoms with Crippen molar-refractivity contribution in [2.24, 2.45) is 0 Å². The zero-order chi connectivity index (χ0) is 11.4. The molecule has 0 radical (unpaired) electrons. The zero-order valence-electron chi connectivity index (χ0n) is 9.98. The van der Waals surface area contributed by atoms with Gasteiger partial charge in [0, 0.05) is 12.6 Å². The Kier molecular flexibility index (Phi) is 3.89. The molecule has 0 fully saturated rings. The largest absolute Gasteiger partial charge is 0.326 e. The first-order chi connectivity index (χ1) is 7.04. The number of carbonyl (C=O) groups is 1. The molecule has 0 aromatic heterocycles. The van der Waals surface area contributed by atoms with Crippen LogP contribution in [0.2, 0.25) is 0 Å². The fraction of sp³-hybridized carbons (Fsp3) is 0.462. The average Bonchev–Trinajstić information content (AvgIpc) is 2.11. The van der Waals surface area contributed by atoms with Gasteiger partial charge in [0.25, 0.3) is 0 Å². The van der Waals surface area contributed by atoms with Crippen LogP contribution < -0.4 is 5.32 Å². The van der Waals surface area contributed by atoms with Gasteiger partial charge in [-0.2, -0.15) is 0 Å². The van der Waals surface area contributed by atoms with Crippen LogP contribution in [0.15, 0.2) is 12.1 Å².